The van der Waals surface area contributed by atoms with Crippen molar-refractivity contribution >= 4 is 12.1 Å². The third kappa shape index (κ3) is 6.47. The number of hydrogen-bond acceptors (Lipinski definition) is 4. The number of allylic oxidation sites excluding steroid dienone is 2. The van der Waals surface area contributed by atoms with Gasteiger partial charge in [-0.1, -0.05) is 18.2 Å². The predicted molar refractivity (Wildman–Crippen MR) is 80.9 cm³/mol. The molecule has 0 aromatic carbocycles. The second-order valence-electron chi connectivity index (χ2n) is 5.88. The molecule has 1 aliphatic heterocycles. The van der Waals surface area contributed by atoms with Gasteiger partial charge in [-0.15, -0.1) is 0 Å². The van der Waals surface area contributed by atoms with Crippen molar-refractivity contribution in [1.29, 1.82) is 0 Å². The molecule has 0 aromatic rings. The van der Waals surface area contributed by atoms with Crippen LogP contribution >= 0.6 is 0 Å². The second kappa shape index (κ2) is 7.86. The van der Waals surface area contributed by atoms with E-state index in [9.17, 15) is 9.59 Å². The zero-order valence-electron chi connectivity index (χ0n) is 13.3. The fourth-order valence-corrected chi connectivity index (χ4v) is 2.06. The first-order valence-corrected chi connectivity index (χ1v) is 7.34. The lowest BCUT2D eigenvalue weighted by Crippen LogP contribution is -2.39. The molecule has 1 rings (SSSR count). The summed E-state index contributed by atoms with van der Waals surface area (Å²) in [5, 5.41) is 0. The van der Waals surface area contributed by atoms with Crippen LogP contribution in [0.15, 0.2) is 24.3 Å². The van der Waals surface area contributed by atoms with E-state index < -0.39 is 5.60 Å². The Balaban J connectivity index is 2.54. The normalized spacial score (nSPS) is 19.4. The highest BCUT2D eigenvalue weighted by atomic mass is 16.6. The average molecular weight is 295 g/mol. The topological polar surface area (TPSA) is 55.8 Å². The van der Waals surface area contributed by atoms with E-state index in [0.29, 0.717) is 13.2 Å². The Morgan fingerprint density at radius 3 is 2.62 bits per heavy atom. The molecule has 5 heteroatoms. The number of rotatable bonds is 4. The molecule has 1 aliphatic rings. The molecule has 0 bridgehead atoms. The lowest BCUT2D eigenvalue weighted by molar-refractivity contribution is -0.137. The summed E-state index contributed by atoms with van der Waals surface area (Å²) in [6.45, 7) is 8.39. The molecular weight excluding hydrogens is 270 g/mol. The summed E-state index contributed by atoms with van der Waals surface area (Å²) in [5.41, 5.74) is -0.488. The molecule has 5 nitrogen and oxygen atoms in total. The number of amides is 1. The molecule has 0 spiro atoms. The van der Waals surface area contributed by atoms with E-state index in [2.05, 4.69) is 0 Å². The van der Waals surface area contributed by atoms with Gasteiger partial charge in [-0.2, -0.15) is 0 Å². The molecular formula is C16H25NO4. The van der Waals surface area contributed by atoms with Gasteiger partial charge in [0.1, 0.15) is 5.60 Å². The first-order valence-electron chi connectivity index (χ1n) is 7.34. The van der Waals surface area contributed by atoms with Crippen molar-refractivity contribution in [3.05, 3.63) is 24.3 Å². The summed E-state index contributed by atoms with van der Waals surface area (Å²) < 4.78 is 10.2. The quantitative estimate of drug-likeness (QED) is 0.454. The maximum absolute atomic E-state index is 12.1. The van der Waals surface area contributed by atoms with E-state index >= 15 is 0 Å². The molecule has 1 saturated heterocycles. The zero-order valence-corrected chi connectivity index (χ0v) is 13.3. The van der Waals surface area contributed by atoms with Crippen LogP contribution in [0.1, 0.15) is 40.5 Å². The van der Waals surface area contributed by atoms with Gasteiger partial charge in [-0.3, -0.25) is 0 Å². The van der Waals surface area contributed by atoms with Gasteiger partial charge in [-0.05, 0) is 40.5 Å². The second-order valence-corrected chi connectivity index (χ2v) is 5.88. The van der Waals surface area contributed by atoms with Gasteiger partial charge in [0.15, 0.2) is 0 Å². The Labute approximate surface area is 126 Å². The van der Waals surface area contributed by atoms with Crippen molar-refractivity contribution in [3.63, 3.8) is 0 Å². The molecule has 118 valence electrons. The monoisotopic (exact) mass is 295 g/mol. The maximum Gasteiger partial charge on any atom is 0.410 e. The molecule has 1 heterocycles. The highest BCUT2D eigenvalue weighted by Gasteiger charge is 2.30. The van der Waals surface area contributed by atoms with Crippen molar-refractivity contribution in [3.8, 4) is 0 Å². The van der Waals surface area contributed by atoms with Crippen LogP contribution in [0.4, 0.5) is 4.79 Å². The average Bonchev–Trinajstić information content (AvgIpc) is 2.81. The van der Waals surface area contributed by atoms with E-state index in [1.807, 2.05) is 26.8 Å². The Hall–Kier alpha value is -1.78. The van der Waals surface area contributed by atoms with Crippen LogP contribution < -0.4 is 0 Å². The SMILES string of the molecule is CCOC(=O)/C=C/C=C/C1CCCN1C(=O)OC(C)(C)C. The maximum atomic E-state index is 12.1. The number of likely N-dealkylation sites (tertiary alicyclic amines) is 1. The minimum atomic E-state index is -0.488. The van der Waals surface area contributed by atoms with Gasteiger partial charge in [-0.25, -0.2) is 9.59 Å². The smallest absolute Gasteiger partial charge is 0.410 e. The molecule has 1 atom stereocenters. The fourth-order valence-electron chi connectivity index (χ4n) is 2.06. The van der Waals surface area contributed by atoms with E-state index in [1.54, 1.807) is 24.0 Å². The number of carbonyl (C=O) groups excluding carboxylic acids is 2. The van der Waals surface area contributed by atoms with Crippen molar-refractivity contribution < 1.29 is 19.1 Å². The largest absolute Gasteiger partial charge is 0.463 e. The van der Waals surface area contributed by atoms with Gasteiger partial charge >= 0.3 is 12.1 Å². The molecule has 0 saturated carbocycles. The Morgan fingerprint density at radius 1 is 1.29 bits per heavy atom. The standard InChI is InChI=1S/C16H25NO4/c1-5-20-14(18)11-7-6-9-13-10-8-12-17(13)15(19)21-16(2,3)4/h6-7,9,11,13H,5,8,10,12H2,1-4H3/b9-6+,11-7+. The number of nitrogens with zero attached hydrogens (tertiary/aromatic N) is 1. The van der Waals surface area contributed by atoms with Gasteiger partial charge in [0, 0.05) is 12.6 Å². The Bertz CT molecular complexity index is 420. The summed E-state index contributed by atoms with van der Waals surface area (Å²) in [4.78, 5) is 24.9. The summed E-state index contributed by atoms with van der Waals surface area (Å²) in [7, 11) is 0. The Kier molecular flexibility index (Phi) is 6.46. The molecule has 0 N–H and O–H groups in total. The fraction of sp³-hybridized carbons (Fsp3) is 0.625. The van der Waals surface area contributed by atoms with Crippen molar-refractivity contribution in [2.45, 2.75) is 52.2 Å². The van der Waals surface area contributed by atoms with Gasteiger partial charge in [0.25, 0.3) is 0 Å². The summed E-state index contributed by atoms with van der Waals surface area (Å²) >= 11 is 0. The molecule has 0 aliphatic carbocycles. The van der Waals surface area contributed by atoms with E-state index in [1.165, 1.54) is 6.08 Å². The zero-order chi connectivity index (χ0) is 15.9. The van der Waals surface area contributed by atoms with Crippen molar-refractivity contribution in [2.75, 3.05) is 13.2 Å². The number of carbonyl (C=O) groups is 2. The lowest BCUT2D eigenvalue weighted by atomic mass is 10.2. The third-order valence-electron chi connectivity index (χ3n) is 2.89. The van der Waals surface area contributed by atoms with Crippen LogP contribution in [0, 0.1) is 0 Å². The number of ether oxygens (including phenoxy) is 2. The first kappa shape index (κ1) is 17.3. The van der Waals surface area contributed by atoms with Crippen LogP contribution in [-0.2, 0) is 14.3 Å². The highest BCUT2D eigenvalue weighted by molar-refractivity contribution is 5.82. The molecule has 0 aromatic heterocycles. The molecule has 1 amide bonds. The minimum absolute atomic E-state index is 0.0201. The van der Waals surface area contributed by atoms with Crippen LogP contribution in [0.2, 0.25) is 0 Å². The first-order chi connectivity index (χ1) is 9.83. The molecule has 1 fully saturated rings. The summed E-state index contributed by atoms with van der Waals surface area (Å²) in [6.07, 6.45) is 8.25. The van der Waals surface area contributed by atoms with Crippen LogP contribution in [0.25, 0.3) is 0 Å². The van der Waals surface area contributed by atoms with Crippen LogP contribution in [-0.4, -0.2) is 41.8 Å². The van der Waals surface area contributed by atoms with Crippen LogP contribution in [0.3, 0.4) is 0 Å². The van der Waals surface area contributed by atoms with Crippen LogP contribution in [0.5, 0.6) is 0 Å². The molecule has 21 heavy (non-hydrogen) atoms. The molecule has 0 radical (unpaired) electrons. The minimum Gasteiger partial charge on any atom is -0.463 e. The van der Waals surface area contributed by atoms with E-state index in [4.69, 9.17) is 9.47 Å². The van der Waals surface area contributed by atoms with E-state index in [0.717, 1.165) is 12.8 Å². The van der Waals surface area contributed by atoms with Gasteiger partial charge in [0.05, 0.1) is 12.6 Å². The van der Waals surface area contributed by atoms with Gasteiger partial charge < -0.3 is 14.4 Å². The Morgan fingerprint density at radius 2 is 2.00 bits per heavy atom. The number of hydrogen-bond donors (Lipinski definition) is 0. The summed E-state index contributed by atoms with van der Waals surface area (Å²) in [6, 6.07) is 0.0201. The lowest BCUT2D eigenvalue weighted by Gasteiger charge is -2.27. The van der Waals surface area contributed by atoms with Gasteiger partial charge in [0.2, 0.25) is 0 Å². The summed E-state index contributed by atoms with van der Waals surface area (Å²) in [5.74, 6) is -0.363. The highest BCUT2D eigenvalue weighted by Crippen LogP contribution is 2.21. The van der Waals surface area contributed by atoms with E-state index in [-0.39, 0.29) is 18.1 Å². The predicted octanol–water partition coefficient (Wildman–Crippen LogP) is 3.06. The third-order valence-corrected chi connectivity index (χ3v) is 2.89. The number of esters is 1. The molecule has 1 unspecified atom stereocenters. The van der Waals surface area contributed by atoms with Crippen molar-refractivity contribution in [2.24, 2.45) is 0 Å². The van der Waals surface area contributed by atoms with Crippen molar-refractivity contribution in [1.82, 2.24) is 4.90 Å².